The normalized spacial score (nSPS) is 11.9. The van der Waals surface area contributed by atoms with Crippen LogP contribution >= 0.6 is 0 Å². The Balaban J connectivity index is 4.20. The SMILES string of the molecule is CCN(CC)C(=O)N[C@@H](CO)C(=O)O. The monoisotopic (exact) mass is 204 g/mol. The van der Waals surface area contributed by atoms with Gasteiger partial charge in [0.25, 0.3) is 0 Å². The molecule has 0 aromatic heterocycles. The molecule has 1 atom stereocenters. The molecule has 0 fully saturated rings. The molecule has 6 nitrogen and oxygen atoms in total. The Hall–Kier alpha value is -1.30. The topological polar surface area (TPSA) is 89.9 Å². The molecule has 0 radical (unpaired) electrons. The fourth-order valence-electron chi connectivity index (χ4n) is 0.937. The number of hydrogen-bond donors (Lipinski definition) is 3. The third kappa shape index (κ3) is 3.61. The maximum Gasteiger partial charge on any atom is 0.328 e. The summed E-state index contributed by atoms with van der Waals surface area (Å²) in [4.78, 5) is 23.2. The lowest BCUT2D eigenvalue weighted by atomic mass is 10.3. The van der Waals surface area contributed by atoms with Crippen molar-refractivity contribution < 1.29 is 19.8 Å². The highest BCUT2D eigenvalue weighted by Gasteiger charge is 2.20. The molecule has 0 aliphatic carbocycles. The van der Waals surface area contributed by atoms with E-state index in [1.807, 2.05) is 0 Å². The predicted molar refractivity (Wildman–Crippen MR) is 50.0 cm³/mol. The third-order valence-electron chi connectivity index (χ3n) is 1.83. The number of carbonyl (C=O) groups excluding carboxylic acids is 1. The van der Waals surface area contributed by atoms with E-state index in [0.29, 0.717) is 13.1 Å². The summed E-state index contributed by atoms with van der Waals surface area (Å²) in [6, 6.07) is -1.71. The summed E-state index contributed by atoms with van der Waals surface area (Å²) in [7, 11) is 0. The van der Waals surface area contributed by atoms with Crippen LogP contribution in [0, 0.1) is 0 Å². The zero-order valence-corrected chi connectivity index (χ0v) is 8.36. The number of aliphatic carboxylic acids is 1. The predicted octanol–water partition coefficient (Wildman–Crippen LogP) is -0.517. The first-order valence-corrected chi connectivity index (χ1v) is 4.45. The summed E-state index contributed by atoms with van der Waals surface area (Å²) >= 11 is 0. The van der Waals surface area contributed by atoms with E-state index < -0.39 is 24.6 Å². The molecular formula is C8H16N2O4. The molecule has 14 heavy (non-hydrogen) atoms. The number of rotatable bonds is 5. The van der Waals surface area contributed by atoms with Gasteiger partial charge in [0.05, 0.1) is 6.61 Å². The molecule has 0 aromatic carbocycles. The summed E-state index contributed by atoms with van der Waals surface area (Å²) in [6.07, 6.45) is 0. The van der Waals surface area contributed by atoms with E-state index in [4.69, 9.17) is 10.2 Å². The van der Waals surface area contributed by atoms with Crippen LogP contribution in [0.2, 0.25) is 0 Å². The first-order valence-electron chi connectivity index (χ1n) is 4.45. The Labute approximate surface area is 82.5 Å². The van der Waals surface area contributed by atoms with Crippen LogP contribution in [0.4, 0.5) is 4.79 Å². The highest BCUT2D eigenvalue weighted by atomic mass is 16.4. The Morgan fingerprint density at radius 2 is 1.86 bits per heavy atom. The van der Waals surface area contributed by atoms with Crippen LogP contribution in [-0.2, 0) is 4.79 Å². The molecular weight excluding hydrogens is 188 g/mol. The number of aliphatic hydroxyl groups is 1. The Kier molecular flexibility index (Phi) is 5.62. The summed E-state index contributed by atoms with van der Waals surface area (Å²) in [5, 5.41) is 19.4. The van der Waals surface area contributed by atoms with Crippen LogP contribution < -0.4 is 5.32 Å². The zero-order valence-electron chi connectivity index (χ0n) is 8.36. The zero-order chi connectivity index (χ0) is 11.1. The maximum absolute atomic E-state index is 11.3. The minimum atomic E-state index is -1.24. The summed E-state index contributed by atoms with van der Waals surface area (Å²) in [5.41, 5.74) is 0. The van der Waals surface area contributed by atoms with E-state index in [2.05, 4.69) is 5.32 Å². The summed E-state index contributed by atoms with van der Waals surface area (Å²) in [6.45, 7) is 3.97. The fourth-order valence-corrected chi connectivity index (χ4v) is 0.937. The van der Waals surface area contributed by atoms with Gasteiger partial charge in [0.15, 0.2) is 6.04 Å². The maximum atomic E-state index is 11.3. The number of aliphatic hydroxyl groups excluding tert-OH is 1. The van der Waals surface area contributed by atoms with E-state index in [1.54, 1.807) is 13.8 Å². The van der Waals surface area contributed by atoms with Crippen molar-refractivity contribution in [2.75, 3.05) is 19.7 Å². The number of hydrogen-bond acceptors (Lipinski definition) is 3. The van der Waals surface area contributed by atoms with E-state index >= 15 is 0 Å². The van der Waals surface area contributed by atoms with Gasteiger partial charge in [0, 0.05) is 13.1 Å². The standard InChI is InChI=1S/C8H16N2O4/c1-3-10(4-2)8(14)9-6(5-11)7(12)13/h6,11H,3-5H2,1-2H3,(H,9,14)(H,12,13)/t6-/m0/s1. The van der Waals surface area contributed by atoms with Gasteiger partial charge in [-0.1, -0.05) is 0 Å². The Morgan fingerprint density at radius 1 is 1.36 bits per heavy atom. The van der Waals surface area contributed by atoms with Gasteiger partial charge in [0.1, 0.15) is 0 Å². The van der Waals surface area contributed by atoms with Gasteiger partial charge in [-0.25, -0.2) is 9.59 Å². The van der Waals surface area contributed by atoms with Crippen molar-refractivity contribution in [1.29, 1.82) is 0 Å². The van der Waals surface area contributed by atoms with Crippen LogP contribution in [0.5, 0.6) is 0 Å². The number of carbonyl (C=O) groups is 2. The molecule has 0 saturated heterocycles. The highest BCUT2D eigenvalue weighted by Crippen LogP contribution is 1.91. The van der Waals surface area contributed by atoms with Crippen LogP contribution in [0.3, 0.4) is 0 Å². The van der Waals surface area contributed by atoms with E-state index in [-0.39, 0.29) is 0 Å². The van der Waals surface area contributed by atoms with Crippen LogP contribution in [-0.4, -0.2) is 52.9 Å². The lowest BCUT2D eigenvalue weighted by molar-refractivity contribution is -0.140. The molecule has 0 aromatic rings. The second-order valence-electron chi connectivity index (χ2n) is 2.70. The van der Waals surface area contributed by atoms with Crippen molar-refractivity contribution in [3.63, 3.8) is 0 Å². The number of amides is 2. The van der Waals surface area contributed by atoms with Gasteiger partial charge < -0.3 is 20.4 Å². The quantitative estimate of drug-likeness (QED) is 0.562. The van der Waals surface area contributed by atoms with Gasteiger partial charge in [-0.2, -0.15) is 0 Å². The Bertz CT molecular complexity index is 204. The molecule has 82 valence electrons. The van der Waals surface area contributed by atoms with E-state index in [0.717, 1.165) is 0 Å². The molecule has 0 bridgehead atoms. The molecule has 0 rings (SSSR count). The van der Waals surface area contributed by atoms with Crippen molar-refractivity contribution in [3.8, 4) is 0 Å². The first-order chi connectivity index (χ1) is 6.56. The van der Waals surface area contributed by atoms with Crippen LogP contribution in [0.15, 0.2) is 0 Å². The average molecular weight is 204 g/mol. The first kappa shape index (κ1) is 12.7. The van der Waals surface area contributed by atoms with Crippen LogP contribution in [0.1, 0.15) is 13.8 Å². The molecule has 0 spiro atoms. The van der Waals surface area contributed by atoms with Crippen molar-refractivity contribution in [3.05, 3.63) is 0 Å². The molecule has 0 unspecified atom stereocenters. The lowest BCUT2D eigenvalue weighted by Crippen LogP contribution is -2.49. The smallest absolute Gasteiger partial charge is 0.328 e. The van der Waals surface area contributed by atoms with Crippen molar-refractivity contribution >= 4 is 12.0 Å². The van der Waals surface area contributed by atoms with Gasteiger partial charge in [-0.05, 0) is 13.8 Å². The molecule has 3 N–H and O–H groups in total. The van der Waals surface area contributed by atoms with Crippen LogP contribution in [0.25, 0.3) is 0 Å². The lowest BCUT2D eigenvalue weighted by Gasteiger charge is -2.21. The number of nitrogens with zero attached hydrogens (tertiary/aromatic N) is 1. The number of nitrogens with one attached hydrogen (secondary N) is 1. The van der Waals surface area contributed by atoms with Gasteiger partial charge in [-0.3, -0.25) is 0 Å². The van der Waals surface area contributed by atoms with Crippen molar-refractivity contribution in [2.45, 2.75) is 19.9 Å². The van der Waals surface area contributed by atoms with Gasteiger partial charge in [0.2, 0.25) is 0 Å². The van der Waals surface area contributed by atoms with Crippen molar-refractivity contribution in [2.24, 2.45) is 0 Å². The largest absolute Gasteiger partial charge is 0.480 e. The fraction of sp³-hybridized carbons (Fsp3) is 0.750. The second kappa shape index (κ2) is 6.20. The molecule has 0 saturated carbocycles. The highest BCUT2D eigenvalue weighted by molar-refractivity contribution is 5.82. The van der Waals surface area contributed by atoms with E-state index in [9.17, 15) is 9.59 Å². The van der Waals surface area contributed by atoms with E-state index in [1.165, 1.54) is 4.90 Å². The summed E-state index contributed by atoms with van der Waals surface area (Å²) in [5.74, 6) is -1.24. The Morgan fingerprint density at radius 3 is 2.14 bits per heavy atom. The molecule has 6 heteroatoms. The molecule has 0 heterocycles. The van der Waals surface area contributed by atoms with Gasteiger partial charge in [-0.15, -0.1) is 0 Å². The molecule has 0 aliphatic rings. The number of carboxylic acid groups (broad SMARTS) is 1. The minimum Gasteiger partial charge on any atom is -0.480 e. The summed E-state index contributed by atoms with van der Waals surface area (Å²) < 4.78 is 0. The average Bonchev–Trinajstić information content (AvgIpc) is 2.15. The molecule has 0 aliphatic heterocycles. The second-order valence-corrected chi connectivity index (χ2v) is 2.70. The number of urea groups is 1. The van der Waals surface area contributed by atoms with Crippen molar-refractivity contribution in [1.82, 2.24) is 10.2 Å². The minimum absolute atomic E-state index is 0.476. The number of carboxylic acids is 1. The van der Waals surface area contributed by atoms with Gasteiger partial charge >= 0.3 is 12.0 Å². The third-order valence-corrected chi connectivity index (χ3v) is 1.83. The molecule has 2 amide bonds.